The lowest BCUT2D eigenvalue weighted by atomic mass is 10.0. The zero-order chi connectivity index (χ0) is 16.0. The van der Waals surface area contributed by atoms with Gasteiger partial charge in [0.2, 0.25) is 5.82 Å². The number of nitrogens with one attached hydrogen (secondary N) is 2. The number of hydrogen-bond donors (Lipinski definition) is 2. The van der Waals surface area contributed by atoms with Crippen LogP contribution in [0.4, 0.5) is 17.3 Å². The summed E-state index contributed by atoms with van der Waals surface area (Å²) in [5.41, 5.74) is -0.189. The smallest absolute Gasteiger partial charge is 0.328 e. The van der Waals surface area contributed by atoms with Crippen LogP contribution in [0.5, 0.6) is 0 Å². The van der Waals surface area contributed by atoms with Gasteiger partial charge in [0.05, 0.1) is 12.0 Å². The van der Waals surface area contributed by atoms with E-state index in [0.717, 1.165) is 0 Å². The number of nitrogens with zero attached hydrogens (tertiary/aromatic N) is 2. The average molecular weight is 296 g/mol. The van der Waals surface area contributed by atoms with Crippen molar-refractivity contribution in [2.45, 2.75) is 26.8 Å². The first-order valence-corrected chi connectivity index (χ1v) is 6.64. The Kier molecular flexibility index (Phi) is 5.89. The summed E-state index contributed by atoms with van der Waals surface area (Å²) in [6, 6.07) is 2.16. The molecule has 1 aromatic heterocycles. The number of ether oxygens (including phenoxy) is 1. The highest BCUT2D eigenvalue weighted by molar-refractivity contribution is 5.80. The third-order valence-electron chi connectivity index (χ3n) is 2.84. The van der Waals surface area contributed by atoms with Crippen LogP contribution >= 0.6 is 0 Å². The molecule has 0 bridgehead atoms. The lowest BCUT2D eigenvalue weighted by Gasteiger charge is -2.20. The monoisotopic (exact) mass is 296 g/mol. The van der Waals surface area contributed by atoms with Gasteiger partial charge in [0, 0.05) is 12.6 Å². The van der Waals surface area contributed by atoms with Crippen molar-refractivity contribution in [1.29, 1.82) is 0 Å². The summed E-state index contributed by atoms with van der Waals surface area (Å²) in [4.78, 5) is 26.4. The standard InChI is InChI=1S/C13H20N4O4/c1-5-14-10-7-6-9(17(19)20)12(15-10)16-11(8(2)3)13(18)21-4/h6-8,11H,5H2,1-4H3,(H2,14,15,16). The lowest BCUT2D eigenvalue weighted by Crippen LogP contribution is -2.36. The summed E-state index contributed by atoms with van der Waals surface area (Å²) in [6.45, 7) is 6.15. The molecule has 0 aliphatic carbocycles. The number of aromatic nitrogens is 1. The molecule has 0 saturated heterocycles. The molecule has 1 heterocycles. The Morgan fingerprint density at radius 2 is 2.14 bits per heavy atom. The molecule has 2 N–H and O–H groups in total. The summed E-state index contributed by atoms with van der Waals surface area (Å²) in [7, 11) is 1.27. The summed E-state index contributed by atoms with van der Waals surface area (Å²) in [5, 5.41) is 16.9. The molecule has 116 valence electrons. The van der Waals surface area contributed by atoms with Crippen LogP contribution in [0.15, 0.2) is 12.1 Å². The Morgan fingerprint density at radius 3 is 2.62 bits per heavy atom. The van der Waals surface area contributed by atoms with E-state index in [1.165, 1.54) is 19.2 Å². The highest BCUT2D eigenvalue weighted by Crippen LogP contribution is 2.26. The first-order chi connectivity index (χ1) is 9.90. The van der Waals surface area contributed by atoms with Crippen molar-refractivity contribution in [1.82, 2.24) is 4.98 Å². The van der Waals surface area contributed by atoms with Gasteiger partial charge in [-0.15, -0.1) is 0 Å². The van der Waals surface area contributed by atoms with E-state index < -0.39 is 16.9 Å². The summed E-state index contributed by atoms with van der Waals surface area (Å²) >= 11 is 0. The molecule has 21 heavy (non-hydrogen) atoms. The average Bonchev–Trinajstić information content (AvgIpc) is 2.43. The number of rotatable bonds is 7. The molecule has 0 aromatic carbocycles. The second-order valence-corrected chi connectivity index (χ2v) is 4.74. The van der Waals surface area contributed by atoms with Crippen molar-refractivity contribution in [2.75, 3.05) is 24.3 Å². The molecule has 0 amide bonds. The van der Waals surface area contributed by atoms with E-state index in [1.54, 1.807) is 0 Å². The predicted octanol–water partition coefficient (Wildman–Crippen LogP) is 2.03. The maximum Gasteiger partial charge on any atom is 0.328 e. The minimum atomic E-state index is -0.710. The Morgan fingerprint density at radius 1 is 1.48 bits per heavy atom. The molecule has 1 unspecified atom stereocenters. The number of hydrogen-bond acceptors (Lipinski definition) is 7. The summed E-state index contributed by atoms with van der Waals surface area (Å²) in [6.07, 6.45) is 0. The number of pyridine rings is 1. The third-order valence-corrected chi connectivity index (χ3v) is 2.84. The van der Waals surface area contributed by atoms with Gasteiger partial charge in [0.15, 0.2) is 0 Å². The fraction of sp³-hybridized carbons (Fsp3) is 0.538. The second-order valence-electron chi connectivity index (χ2n) is 4.74. The molecule has 8 heteroatoms. The SMILES string of the molecule is CCNc1ccc([N+](=O)[O-])c(NC(C(=O)OC)C(C)C)n1. The van der Waals surface area contributed by atoms with E-state index in [2.05, 4.69) is 15.6 Å². The van der Waals surface area contributed by atoms with E-state index in [-0.39, 0.29) is 17.4 Å². The number of methoxy groups -OCH3 is 1. The van der Waals surface area contributed by atoms with Crippen LogP contribution in [-0.2, 0) is 9.53 Å². The van der Waals surface area contributed by atoms with Gasteiger partial charge >= 0.3 is 11.7 Å². The molecule has 1 rings (SSSR count). The Labute approximate surface area is 123 Å². The molecule has 0 fully saturated rings. The van der Waals surface area contributed by atoms with Crippen LogP contribution in [0.1, 0.15) is 20.8 Å². The van der Waals surface area contributed by atoms with Gasteiger partial charge in [-0.1, -0.05) is 13.8 Å². The van der Waals surface area contributed by atoms with Gasteiger partial charge in [-0.25, -0.2) is 9.78 Å². The highest BCUT2D eigenvalue weighted by Gasteiger charge is 2.27. The highest BCUT2D eigenvalue weighted by atomic mass is 16.6. The Bertz CT molecular complexity index is 519. The number of carbonyl (C=O) groups is 1. The molecule has 1 atom stereocenters. The van der Waals surface area contributed by atoms with E-state index in [0.29, 0.717) is 12.4 Å². The first-order valence-electron chi connectivity index (χ1n) is 6.64. The largest absolute Gasteiger partial charge is 0.467 e. The van der Waals surface area contributed by atoms with Crippen LogP contribution in [0, 0.1) is 16.0 Å². The Hall–Kier alpha value is -2.38. The number of nitro groups is 1. The molecule has 0 aliphatic heterocycles. The van der Waals surface area contributed by atoms with Gasteiger partial charge in [-0.2, -0.15) is 0 Å². The Balaban J connectivity index is 3.15. The molecular weight excluding hydrogens is 276 g/mol. The van der Waals surface area contributed by atoms with Crippen molar-refractivity contribution < 1.29 is 14.5 Å². The zero-order valence-electron chi connectivity index (χ0n) is 12.5. The fourth-order valence-electron chi connectivity index (χ4n) is 1.76. The minimum absolute atomic E-state index is 0.0440. The van der Waals surface area contributed by atoms with Crippen LogP contribution in [0.2, 0.25) is 0 Å². The van der Waals surface area contributed by atoms with Crippen LogP contribution < -0.4 is 10.6 Å². The van der Waals surface area contributed by atoms with E-state index in [4.69, 9.17) is 4.74 Å². The van der Waals surface area contributed by atoms with Crippen molar-refractivity contribution in [3.63, 3.8) is 0 Å². The molecule has 0 aliphatic rings. The fourth-order valence-corrected chi connectivity index (χ4v) is 1.76. The van der Waals surface area contributed by atoms with Crippen LogP contribution in [0.3, 0.4) is 0 Å². The topological polar surface area (TPSA) is 106 Å². The molecule has 1 aromatic rings. The number of esters is 1. The summed E-state index contributed by atoms with van der Waals surface area (Å²) in [5.74, 6) is -0.0582. The zero-order valence-corrected chi connectivity index (χ0v) is 12.5. The molecule has 0 radical (unpaired) electrons. The van der Waals surface area contributed by atoms with Gasteiger partial charge in [-0.3, -0.25) is 10.1 Å². The maximum absolute atomic E-state index is 11.8. The van der Waals surface area contributed by atoms with Crippen molar-refractivity contribution in [3.8, 4) is 0 Å². The summed E-state index contributed by atoms with van der Waals surface area (Å²) < 4.78 is 4.71. The molecule has 0 spiro atoms. The molecule has 8 nitrogen and oxygen atoms in total. The second kappa shape index (κ2) is 7.41. The third kappa shape index (κ3) is 4.30. The van der Waals surface area contributed by atoms with E-state index >= 15 is 0 Å². The minimum Gasteiger partial charge on any atom is -0.467 e. The maximum atomic E-state index is 11.8. The number of carbonyl (C=O) groups excluding carboxylic acids is 1. The van der Waals surface area contributed by atoms with Gasteiger partial charge in [0.1, 0.15) is 11.9 Å². The lowest BCUT2D eigenvalue weighted by molar-refractivity contribution is -0.384. The predicted molar refractivity (Wildman–Crippen MR) is 79.3 cm³/mol. The van der Waals surface area contributed by atoms with Crippen molar-refractivity contribution in [2.24, 2.45) is 5.92 Å². The van der Waals surface area contributed by atoms with E-state index in [9.17, 15) is 14.9 Å². The van der Waals surface area contributed by atoms with Gasteiger partial charge in [-0.05, 0) is 18.9 Å². The normalized spacial score (nSPS) is 11.9. The number of anilines is 2. The molecule has 0 saturated carbocycles. The molecular formula is C13H20N4O4. The van der Waals surface area contributed by atoms with Gasteiger partial charge in [0.25, 0.3) is 0 Å². The van der Waals surface area contributed by atoms with E-state index in [1.807, 2.05) is 20.8 Å². The quantitative estimate of drug-likeness (QED) is 0.450. The van der Waals surface area contributed by atoms with Gasteiger partial charge < -0.3 is 15.4 Å². The van der Waals surface area contributed by atoms with Crippen LogP contribution in [0.25, 0.3) is 0 Å². The first kappa shape index (κ1) is 16.7. The van der Waals surface area contributed by atoms with Crippen LogP contribution in [-0.4, -0.2) is 35.6 Å². The van der Waals surface area contributed by atoms with Crippen molar-refractivity contribution in [3.05, 3.63) is 22.2 Å². The van der Waals surface area contributed by atoms with Crippen molar-refractivity contribution >= 4 is 23.3 Å².